The van der Waals surface area contributed by atoms with Crippen molar-refractivity contribution in [3.05, 3.63) is 50.5 Å². The Morgan fingerprint density at radius 3 is 2.47 bits per heavy atom. The first-order valence-electron chi connectivity index (χ1n) is 11.9. The van der Waals surface area contributed by atoms with Crippen LogP contribution in [0, 0.1) is 16.0 Å². The van der Waals surface area contributed by atoms with Crippen molar-refractivity contribution in [1.82, 2.24) is 9.80 Å². The highest BCUT2D eigenvalue weighted by molar-refractivity contribution is 8.03. The molecule has 2 N–H and O–H groups in total. The molecule has 0 radical (unpaired) electrons. The minimum atomic E-state index is -1.26. The number of likely N-dealkylation sites (tertiary alicyclic amines) is 1. The van der Waals surface area contributed by atoms with Crippen LogP contribution in [0.2, 0.25) is 0 Å². The highest BCUT2D eigenvalue weighted by Gasteiger charge is 2.55. The van der Waals surface area contributed by atoms with E-state index in [1.54, 1.807) is 6.92 Å². The Labute approximate surface area is 221 Å². The number of non-ortho nitro benzene ring substituents is 1. The van der Waals surface area contributed by atoms with Gasteiger partial charge in [0.1, 0.15) is 18.9 Å². The fraction of sp³-hybridized carbons (Fsp3) is 0.500. The van der Waals surface area contributed by atoms with Crippen molar-refractivity contribution in [3.8, 4) is 0 Å². The number of amides is 2. The van der Waals surface area contributed by atoms with Crippen LogP contribution in [0.15, 0.2) is 34.9 Å². The van der Waals surface area contributed by atoms with Crippen molar-refractivity contribution in [3.63, 3.8) is 0 Å². The van der Waals surface area contributed by atoms with Crippen molar-refractivity contribution in [2.45, 2.75) is 56.7 Å². The first kappa shape index (κ1) is 27.4. The smallest absolute Gasteiger partial charge is 0.410 e. The van der Waals surface area contributed by atoms with Crippen LogP contribution in [0.25, 0.3) is 0 Å². The summed E-state index contributed by atoms with van der Waals surface area (Å²) < 4.78 is 10.6. The average molecular weight is 550 g/mol. The van der Waals surface area contributed by atoms with Gasteiger partial charge in [-0.15, -0.1) is 11.8 Å². The number of esters is 1. The molecule has 3 heterocycles. The Bertz CT molecular complexity index is 1180. The maximum atomic E-state index is 13.0. The molecule has 3 aliphatic heterocycles. The fourth-order valence-electron chi connectivity index (χ4n) is 5.03. The zero-order chi connectivity index (χ0) is 27.7. The van der Waals surface area contributed by atoms with Crippen LogP contribution in [-0.4, -0.2) is 85.5 Å². The number of aliphatic carboxylic acids is 1. The van der Waals surface area contributed by atoms with E-state index in [-0.39, 0.29) is 48.7 Å². The van der Waals surface area contributed by atoms with Gasteiger partial charge in [-0.3, -0.25) is 19.7 Å². The number of ether oxygens (including phenoxy) is 2. The topological polar surface area (TPSA) is 177 Å². The standard InChI is InChI=1S/C24H27N3O10S/c1-12(28)20-18-8-19(30)26(18)21(23(31)32)22(20)38-17-7-16(11-36-13(2)29)25(9-17)24(33)37-10-14-3-5-15(6-4-14)27(34)35/h3-6,12,16-18,20,28H,7-11H2,1-2H3,(H,31,32)/t12?,16?,17-,18+,20?/m0/s1. The molecule has 1 aromatic carbocycles. The number of carbonyl (C=O) groups excluding carboxylic acids is 3. The summed E-state index contributed by atoms with van der Waals surface area (Å²) in [6.07, 6.45) is -1.08. The number of thioether (sulfide) groups is 1. The van der Waals surface area contributed by atoms with E-state index in [2.05, 4.69) is 0 Å². The largest absolute Gasteiger partial charge is 0.477 e. The Hall–Kier alpha value is -3.65. The van der Waals surface area contributed by atoms with E-state index in [1.807, 2.05) is 0 Å². The van der Waals surface area contributed by atoms with Crippen molar-refractivity contribution < 1.29 is 43.8 Å². The first-order valence-corrected chi connectivity index (χ1v) is 12.8. The van der Waals surface area contributed by atoms with Gasteiger partial charge in [0, 0.05) is 48.1 Å². The molecule has 3 aliphatic rings. The van der Waals surface area contributed by atoms with E-state index in [1.165, 1.54) is 52.8 Å². The number of fused-ring (bicyclic) bond motifs is 1. The van der Waals surface area contributed by atoms with E-state index >= 15 is 0 Å². The molecule has 204 valence electrons. The molecule has 4 rings (SSSR count). The maximum absolute atomic E-state index is 13.0. The molecule has 2 fully saturated rings. The summed E-state index contributed by atoms with van der Waals surface area (Å²) in [4.78, 5) is 61.9. The number of carboxylic acids is 1. The molecule has 0 spiro atoms. The van der Waals surface area contributed by atoms with Crippen molar-refractivity contribution in [2.75, 3.05) is 13.2 Å². The Balaban J connectivity index is 1.49. The lowest BCUT2D eigenvalue weighted by molar-refractivity contribution is -0.384. The first-order chi connectivity index (χ1) is 18.0. The number of aliphatic hydroxyl groups excluding tert-OH is 1. The molecule has 5 atom stereocenters. The highest BCUT2D eigenvalue weighted by Crippen LogP contribution is 2.50. The minimum Gasteiger partial charge on any atom is -0.477 e. The number of nitro groups is 1. The molecule has 0 aromatic heterocycles. The molecule has 0 aliphatic carbocycles. The number of nitrogens with zero attached hydrogens (tertiary/aromatic N) is 3. The summed E-state index contributed by atoms with van der Waals surface area (Å²) >= 11 is 1.21. The third-order valence-electron chi connectivity index (χ3n) is 6.79. The summed E-state index contributed by atoms with van der Waals surface area (Å²) in [6.45, 7) is 2.73. The second-order valence-corrected chi connectivity index (χ2v) is 10.7. The molecular weight excluding hydrogens is 522 g/mol. The monoisotopic (exact) mass is 549 g/mol. The van der Waals surface area contributed by atoms with Crippen LogP contribution in [0.1, 0.15) is 32.3 Å². The summed E-state index contributed by atoms with van der Waals surface area (Å²) in [6, 6.07) is 4.60. The Morgan fingerprint density at radius 1 is 1.24 bits per heavy atom. The van der Waals surface area contributed by atoms with Crippen molar-refractivity contribution in [2.24, 2.45) is 5.92 Å². The number of benzene rings is 1. The number of hydrogen-bond donors (Lipinski definition) is 2. The average Bonchev–Trinajstić information content (AvgIpc) is 3.37. The molecule has 3 unspecified atom stereocenters. The van der Waals surface area contributed by atoms with Gasteiger partial charge >= 0.3 is 18.0 Å². The molecule has 2 saturated heterocycles. The third kappa shape index (κ3) is 5.45. The predicted molar refractivity (Wildman–Crippen MR) is 131 cm³/mol. The maximum Gasteiger partial charge on any atom is 0.410 e. The van der Waals surface area contributed by atoms with E-state index < -0.39 is 47.1 Å². The molecule has 0 saturated carbocycles. The molecule has 14 heteroatoms. The summed E-state index contributed by atoms with van der Waals surface area (Å²) in [7, 11) is 0. The van der Waals surface area contributed by atoms with E-state index in [4.69, 9.17) is 9.47 Å². The van der Waals surface area contributed by atoms with E-state index in [9.17, 15) is 39.5 Å². The lowest BCUT2D eigenvalue weighted by atomic mass is 9.89. The summed E-state index contributed by atoms with van der Waals surface area (Å²) in [5.41, 5.74) is 0.310. The van der Waals surface area contributed by atoms with Gasteiger partial charge in [-0.2, -0.15) is 0 Å². The van der Waals surface area contributed by atoms with Gasteiger partial charge in [0.15, 0.2) is 0 Å². The second-order valence-electron chi connectivity index (χ2n) is 9.38. The van der Waals surface area contributed by atoms with E-state index in [0.29, 0.717) is 16.9 Å². The summed E-state index contributed by atoms with van der Waals surface area (Å²) in [5.74, 6) is -2.66. The van der Waals surface area contributed by atoms with Crippen molar-refractivity contribution in [1.29, 1.82) is 0 Å². The Kier molecular flexibility index (Phi) is 7.92. The van der Waals surface area contributed by atoms with Gasteiger partial charge < -0.3 is 29.5 Å². The number of carboxylic acid groups (broad SMARTS) is 1. The van der Waals surface area contributed by atoms with Crippen LogP contribution < -0.4 is 0 Å². The lowest BCUT2D eigenvalue weighted by Crippen LogP contribution is -2.53. The van der Waals surface area contributed by atoms with Gasteiger partial charge in [-0.25, -0.2) is 9.59 Å². The zero-order valence-corrected chi connectivity index (χ0v) is 21.5. The minimum absolute atomic E-state index is 0.0864. The van der Waals surface area contributed by atoms with Gasteiger partial charge in [0.25, 0.3) is 5.69 Å². The second kappa shape index (κ2) is 11.0. The number of nitro benzene ring substituents is 1. The number of rotatable bonds is 9. The van der Waals surface area contributed by atoms with Crippen molar-refractivity contribution >= 4 is 41.4 Å². The molecule has 1 aromatic rings. The van der Waals surface area contributed by atoms with Crippen LogP contribution in [0.4, 0.5) is 10.5 Å². The van der Waals surface area contributed by atoms with Gasteiger partial charge in [0.2, 0.25) is 5.91 Å². The molecule has 2 amide bonds. The number of hydrogen-bond acceptors (Lipinski definition) is 10. The SMILES string of the molecule is CC(=O)OCC1C[C@H](SC2=C(C(=O)O)N3C(=O)C[C@@H]3C2C(C)O)CN1C(=O)OCc1ccc([N+](=O)[O-])cc1. The van der Waals surface area contributed by atoms with Gasteiger partial charge in [0.05, 0.1) is 23.1 Å². The van der Waals surface area contributed by atoms with Crippen LogP contribution in [-0.2, 0) is 30.5 Å². The predicted octanol–water partition coefficient (Wildman–Crippen LogP) is 1.88. The number of aliphatic hydroxyl groups is 1. The van der Waals surface area contributed by atoms with Gasteiger partial charge in [-0.1, -0.05) is 0 Å². The highest BCUT2D eigenvalue weighted by atomic mass is 32.2. The number of β-lactam (4-membered cyclic amide) rings is 1. The van der Waals surface area contributed by atoms with Crippen LogP contribution in [0.5, 0.6) is 0 Å². The fourth-order valence-corrected chi connectivity index (χ4v) is 6.75. The Morgan fingerprint density at radius 2 is 1.92 bits per heavy atom. The molecule has 0 bridgehead atoms. The number of carbonyl (C=O) groups is 4. The normalized spacial score (nSPS) is 25.1. The molecule has 38 heavy (non-hydrogen) atoms. The molecule has 13 nitrogen and oxygen atoms in total. The zero-order valence-electron chi connectivity index (χ0n) is 20.6. The molecular formula is C24H27N3O10S. The van der Waals surface area contributed by atoms with Gasteiger partial charge in [-0.05, 0) is 31.0 Å². The lowest BCUT2D eigenvalue weighted by Gasteiger charge is -2.39. The van der Waals surface area contributed by atoms with Crippen LogP contribution in [0.3, 0.4) is 0 Å². The third-order valence-corrected chi connectivity index (χ3v) is 8.18. The summed E-state index contributed by atoms with van der Waals surface area (Å²) in [5, 5.41) is 30.8. The quantitative estimate of drug-likeness (QED) is 0.199. The van der Waals surface area contributed by atoms with Crippen LogP contribution >= 0.6 is 11.8 Å². The van der Waals surface area contributed by atoms with E-state index in [0.717, 1.165) is 0 Å².